The summed E-state index contributed by atoms with van der Waals surface area (Å²) in [6, 6.07) is -0.346. The van der Waals surface area contributed by atoms with Crippen molar-refractivity contribution in [2.24, 2.45) is 0 Å². The van der Waals surface area contributed by atoms with Gasteiger partial charge in [-0.25, -0.2) is 22.9 Å². The van der Waals surface area contributed by atoms with E-state index in [-0.39, 0.29) is 6.01 Å². The van der Waals surface area contributed by atoms with Gasteiger partial charge in [-0.1, -0.05) is 0 Å². The number of nitrogens with one attached hydrogen (secondary N) is 1. The predicted molar refractivity (Wildman–Crippen MR) is 51.1 cm³/mol. The van der Waals surface area contributed by atoms with Gasteiger partial charge < -0.3 is 9.52 Å². The van der Waals surface area contributed by atoms with Crippen molar-refractivity contribution in [2.75, 3.05) is 4.72 Å². The molecule has 0 atom stereocenters. The summed E-state index contributed by atoms with van der Waals surface area (Å²) < 4.78 is 29.3. The van der Waals surface area contributed by atoms with Crippen LogP contribution in [0.2, 0.25) is 0 Å². The van der Waals surface area contributed by atoms with Crippen molar-refractivity contribution in [1.29, 1.82) is 0 Å². The first-order chi connectivity index (χ1) is 6.83. The number of sulfonamides is 1. The lowest BCUT2D eigenvalue weighted by Crippen LogP contribution is -2.22. The van der Waals surface area contributed by atoms with Crippen LogP contribution in [0.25, 0.3) is 0 Å². The summed E-state index contributed by atoms with van der Waals surface area (Å²) in [5.74, 6) is -1.73. The van der Waals surface area contributed by atoms with Gasteiger partial charge in [0.05, 0.1) is 11.4 Å². The zero-order valence-corrected chi connectivity index (χ0v) is 8.91. The highest BCUT2D eigenvalue weighted by atomic mass is 32.2. The smallest absolute Gasteiger partial charge is 0.373 e. The average molecular weight is 234 g/mol. The lowest BCUT2D eigenvalue weighted by atomic mass is 10.5. The van der Waals surface area contributed by atoms with Gasteiger partial charge in [-0.3, -0.25) is 0 Å². The predicted octanol–water partition coefficient (Wildman–Crippen LogP) is 0.523. The molecule has 0 aliphatic carbocycles. The van der Waals surface area contributed by atoms with Gasteiger partial charge in [-0.05, 0) is 13.8 Å². The van der Waals surface area contributed by atoms with Crippen molar-refractivity contribution in [3.63, 3.8) is 0 Å². The minimum Gasteiger partial charge on any atom is -0.475 e. The molecular weight excluding hydrogens is 224 g/mol. The summed E-state index contributed by atoms with van der Waals surface area (Å²) in [4.78, 5) is 13.9. The number of oxazole rings is 1. The maximum Gasteiger partial charge on any atom is 0.373 e. The maximum atomic E-state index is 11.3. The van der Waals surface area contributed by atoms with Crippen LogP contribution in [0, 0.1) is 0 Å². The molecule has 0 radical (unpaired) electrons. The van der Waals surface area contributed by atoms with E-state index in [1.165, 1.54) is 13.8 Å². The monoisotopic (exact) mass is 234 g/mol. The number of aromatic carboxylic acids is 1. The SMILES string of the molecule is CC(C)S(=O)(=O)Nc1ncc(C(=O)O)o1. The highest BCUT2D eigenvalue weighted by Crippen LogP contribution is 2.12. The average Bonchev–Trinajstić information content (AvgIpc) is 2.51. The summed E-state index contributed by atoms with van der Waals surface area (Å²) in [7, 11) is -3.56. The minimum absolute atomic E-state index is 0.346. The van der Waals surface area contributed by atoms with Crippen LogP contribution in [-0.4, -0.2) is 29.7 Å². The van der Waals surface area contributed by atoms with Crippen molar-refractivity contribution >= 4 is 22.0 Å². The number of rotatable bonds is 4. The van der Waals surface area contributed by atoms with Crippen LogP contribution in [0.3, 0.4) is 0 Å². The Morgan fingerprint density at radius 2 is 2.20 bits per heavy atom. The molecule has 0 amide bonds. The third-order valence-electron chi connectivity index (χ3n) is 1.57. The molecule has 0 unspecified atom stereocenters. The van der Waals surface area contributed by atoms with Gasteiger partial charge in [0, 0.05) is 0 Å². The third-order valence-corrected chi connectivity index (χ3v) is 3.27. The fraction of sp³-hybridized carbons (Fsp3) is 0.429. The van der Waals surface area contributed by atoms with Crippen LogP contribution >= 0.6 is 0 Å². The summed E-state index contributed by atoms with van der Waals surface area (Å²) in [5.41, 5.74) is 0. The number of carboxylic acids is 1. The quantitative estimate of drug-likeness (QED) is 0.786. The third kappa shape index (κ3) is 2.69. The van der Waals surface area contributed by atoms with E-state index < -0.39 is 27.0 Å². The first kappa shape index (κ1) is 11.5. The Morgan fingerprint density at radius 3 is 2.60 bits per heavy atom. The number of anilines is 1. The van der Waals surface area contributed by atoms with Gasteiger partial charge in [0.25, 0.3) is 0 Å². The second kappa shape index (κ2) is 3.89. The van der Waals surface area contributed by atoms with Gasteiger partial charge >= 0.3 is 12.0 Å². The van der Waals surface area contributed by atoms with Crippen molar-refractivity contribution < 1.29 is 22.7 Å². The van der Waals surface area contributed by atoms with E-state index >= 15 is 0 Å². The van der Waals surface area contributed by atoms with Crippen LogP contribution in [0.15, 0.2) is 10.6 Å². The summed E-state index contributed by atoms with van der Waals surface area (Å²) >= 11 is 0. The molecule has 84 valence electrons. The van der Waals surface area contributed by atoms with Crippen molar-refractivity contribution in [1.82, 2.24) is 4.98 Å². The summed E-state index contributed by atoms with van der Waals surface area (Å²) in [6.07, 6.45) is 0.931. The zero-order valence-electron chi connectivity index (χ0n) is 8.09. The Labute approximate surface area is 86.2 Å². The first-order valence-electron chi connectivity index (χ1n) is 4.03. The van der Waals surface area contributed by atoms with Gasteiger partial charge in [0.1, 0.15) is 0 Å². The Balaban J connectivity index is 2.87. The number of aromatic nitrogens is 1. The Bertz CT molecular complexity index is 461. The van der Waals surface area contributed by atoms with Gasteiger partial charge in [0.2, 0.25) is 15.8 Å². The molecule has 0 aromatic carbocycles. The fourth-order valence-corrected chi connectivity index (χ4v) is 1.23. The zero-order chi connectivity index (χ0) is 11.6. The second-order valence-corrected chi connectivity index (χ2v) is 5.27. The molecule has 0 aliphatic heterocycles. The lowest BCUT2D eigenvalue weighted by Gasteiger charge is -2.06. The Kier molecular flexibility index (Phi) is 2.98. The minimum atomic E-state index is -3.56. The van der Waals surface area contributed by atoms with E-state index in [1.807, 2.05) is 4.72 Å². The molecule has 15 heavy (non-hydrogen) atoms. The number of carboxylic acid groups (broad SMARTS) is 1. The van der Waals surface area contributed by atoms with E-state index in [0.717, 1.165) is 6.20 Å². The topological polar surface area (TPSA) is 110 Å². The van der Waals surface area contributed by atoms with Crippen LogP contribution in [-0.2, 0) is 10.0 Å². The number of carbonyl (C=O) groups is 1. The first-order valence-corrected chi connectivity index (χ1v) is 5.58. The normalized spacial score (nSPS) is 11.7. The molecule has 8 heteroatoms. The molecule has 0 spiro atoms. The molecule has 0 fully saturated rings. The highest BCUT2D eigenvalue weighted by Gasteiger charge is 2.19. The van der Waals surface area contributed by atoms with E-state index in [9.17, 15) is 13.2 Å². The van der Waals surface area contributed by atoms with Crippen LogP contribution in [0.4, 0.5) is 6.01 Å². The molecule has 0 saturated carbocycles. The molecule has 7 nitrogen and oxygen atoms in total. The number of nitrogens with zero attached hydrogens (tertiary/aromatic N) is 1. The number of hydrogen-bond acceptors (Lipinski definition) is 5. The van der Waals surface area contributed by atoms with Crippen molar-refractivity contribution in [2.45, 2.75) is 19.1 Å². The molecule has 1 heterocycles. The van der Waals surface area contributed by atoms with Gasteiger partial charge in [0.15, 0.2) is 0 Å². The van der Waals surface area contributed by atoms with Crippen molar-refractivity contribution in [3.05, 3.63) is 12.0 Å². The van der Waals surface area contributed by atoms with E-state index in [2.05, 4.69) is 9.40 Å². The van der Waals surface area contributed by atoms with Gasteiger partial charge in [-0.2, -0.15) is 0 Å². The van der Waals surface area contributed by atoms with Crippen LogP contribution in [0.1, 0.15) is 24.4 Å². The van der Waals surface area contributed by atoms with E-state index in [1.54, 1.807) is 0 Å². The fourth-order valence-electron chi connectivity index (χ4n) is 0.660. The van der Waals surface area contributed by atoms with E-state index in [0.29, 0.717) is 0 Å². The molecule has 2 N–H and O–H groups in total. The molecular formula is C7H10N2O5S. The largest absolute Gasteiger partial charge is 0.475 e. The van der Waals surface area contributed by atoms with Crippen molar-refractivity contribution in [3.8, 4) is 0 Å². The lowest BCUT2D eigenvalue weighted by molar-refractivity contribution is 0.0663. The maximum absolute atomic E-state index is 11.3. The Hall–Kier alpha value is -1.57. The van der Waals surface area contributed by atoms with Crippen LogP contribution < -0.4 is 4.72 Å². The van der Waals surface area contributed by atoms with Crippen LogP contribution in [0.5, 0.6) is 0 Å². The second-order valence-electron chi connectivity index (χ2n) is 3.03. The summed E-state index contributed by atoms with van der Waals surface area (Å²) in [6.45, 7) is 2.95. The molecule has 1 rings (SSSR count). The Morgan fingerprint density at radius 1 is 1.60 bits per heavy atom. The molecule has 1 aromatic rings. The number of hydrogen-bond donors (Lipinski definition) is 2. The standard InChI is InChI=1S/C7H10N2O5S/c1-4(2)15(12,13)9-7-8-3-5(14-7)6(10)11/h3-4H,1-2H3,(H,8,9)(H,10,11). The van der Waals surface area contributed by atoms with E-state index in [4.69, 9.17) is 5.11 Å². The van der Waals surface area contributed by atoms with Gasteiger partial charge in [-0.15, -0.1) is 0 Å². The molecule has 0 bridgehead atoms. The summed E-state index contributed by atoms with van der Waals surface area (Å²) in [5, 5.41) is 7.84. The highest BCUT2D eigenvalue weighted by molar-refractivity contribution is 7.93. The molecule has 1 aromatic heterocycles. The molecule has 0 saturated heterocycles. The molecule has 0 aliphatic rings.